The normalized spacial score (nSPS) is 24.2. The Hall–Kier alpha value is -1.88. The minimum atomic E-state index is -0.845. The number of benzene rings is 1. The standard InChI is InChI=1S/C13H14N2O3/c16-13(17)11-8(4-3-7-14-11)12-15-9-5-1-2-6-10(9)18-12/h1-2,5-6,8,11,14H,3-4,7H2,(H,16,17)/t8?,11-/m0/s1. The van der Waals surface area contributed by atoms with Crippen LogP contribution in [-0.2, 0) is 4.79 Å². The first-order valence-corrected chi connectivity index (χ1v) is 6.07. The first-order valence-electron chi connectivity index (χ1n) is 6.07. The van der Waals surface area contributed by atoms with E-state index in [4.69, 9.17) is 4.42 Å². The molecule has 0 bridgehead atoms. The van der Waals surface area contributed by atoms with E-state index in [1.54, 1.807) is 0 Å². The van der Waals surface area contributed by atoms with E-state index >= 15 is 0 Å². The van der Waals surface area contributed by atoms with Crippen LogP contribution in [0, 0.1) is 0 Å². The van der Waals surface area contributed by atoms with E-state index in [2.05, 4.69) is 10.3 Å². The zero-order valence-corrected chi connectivity index (χ0v) is 9.80. The molecule has 0 radical (unpaired) electrons. The van der Waals surface area contributed by atoms with Crippen LogP contribution < -0.4 is 5.32 Å². The molecule has 1 aliphatic rings. The van der Waals surface area contributed by atoms with Crippen LogP contribution in [0.15, 0.2) is 28.7 Å². The number of aliphatic carboxylic acids is 1. The lowest BCUT2D eigenvalue weighted by atomic mass is 9.91. The van der Waals surface area contributed by atoms with Crippen molar-refractivity contribution in [1.82, 2.24) is 10.3 Å². The Labute approximate surface area is 104 Å². The molecule has 1 aromatic heterocycles. The van der Waals surface area contributed by atoms with Gasteiger partial charge >= 0.3 is 5.97 Å². The summed E-state index contributed by atoms with van der Waals surface area (Å²) in [7, 11) is 0. The minimum absolute atomic E-state index is 0.191. The Bertz CT molecular complexity index is 545. The zero-order chi connectivity index (χ0) is 12.5. The van der Waals surface area contributed by atoms with E-state index < -0.39 is 12.0 Å². The van der Waals surface area contributed by atoms with Crippen molar-refractivity contribution >= 4 is 17.1 Å². The van der Waals surface area contributed by atoms with Gasteiger partial charge in [0.2, 0.25) is 5.89 Å². The molecule has 18 heavy (non-hydrogen) atoms. The van der Waals surface area contributed by atoms with E-state index in [9.17, 15) is 9.90 Å². The lowest BCUT2D eigenvalue weighted by Crippen LogP contribution is -2.45. The molecule has 94 valence electrons. The molecule has 1 fully saturated rings. The van der Waals surface area contributed by atoms with Gasteiger partial charge in [-0.2, -0.15) is 0 Å². The molecule has 1 aromatic carbocycles. The van der Waals surface area contributed by atoms with Crippen LogP contribution in [0.4, 0.5) is 0 Å². The molecule has 5 heteroatoms. The molecular weight excluding hydrogens is 232 g/mol. The van der Waals surface area contributed by atoms with Gasteiger partial charge in [0.1, 0.15) is 11.6 Å². The second-order valence-electron chi connectivity index (χ2n) is 4.54. The highest BCUT2D eigenvalue weighted by Gasteiger charge is 2.34. The number of nitrogens with zero attached hydrogens (tertiary/aromatic N) is 1. The number of carboxylic acid groups (broad SMARTS) is 1. The average Bonchev–Trinajstić information content (AvgIpc) is 2.82. The van der Waals surface area contributed by atoms with Gasteiger partial charge < -0.3 is 14.8 Å². The molecule has 1 unspecified atom stereocenters. The van der Waals surface area contributed by atoms with Crippen molar-refractivity contribution in [2.75, 3.05) is 6.54 Å². The number of para-hydroxylation sites is 2. The summed E-state index contributed by atoms with van der Waals surface area (Å²) in [5, 5.41) is 12.2. The second-order valence-corrected chi connectivity index (χ2v) is 4.54. The van der Waals surface area contributed by atoms with E-state index in [1.165, 1.54) is 0 Å². The van der Waals surface area contributed by atoms with Crippen LogP contribution in [-0.4, -0.2) is 28.6 Å². The maximum Gasteiger partial charge on any atom is 0.321 e. The number of oxazole rings is 1. The maximum absolute atomic E-state index is 11.2. The van der Waals surface area contributed by atoms with Gasteiger partial charge in [0, 0.05) is 0 Å². The van der Waals surface area contributed by atoms with Gasteiger partial charge in [-0.05, 0) is 31.5 Å². The number of carbonyl (C=O) groups is 1. The summed E-state index contributed by atoms with van der Waals surface area (Å²) in [6.07, 6.45) is 1.73. The van der Waals surface area contributed by atoms with E-state index in [1.807, 2.05) is 24.3 Å². The molecule has 3 rings (SSSR count). The monoisotopic (exact) mass is 246 g/mol. The summed E-state index contributed by atoms with van der Waals surface area (Å²) < 4.78 is 5.67. The summed E-state index contributed by atoms with van der Waals surface area (Å²) in [4.78, 5) is 15.6. The third-order valence-electron chi connectivity index (χ3n) is 3.35. The summed E-state index contributed by atoms with van der Waals surface area (Å²) >= 11 is 0. The van der Waals surface area contributed by atoms with E-state index in [-0.39, 0.29) is 5.92 Å². The number of rotatable bonds is 2. The van der Waals surface area contributed by atoms with Gasteiger partial charge in [0.15, 0.2) is 5.58 Å². The van der Waals surface area contributed by atoms with Gasteiger partial charge in [-0.1, -0.05) is 12.1 Å². The van der Waals surface area contributed by atoms with Crippen molar-refractivity contribution in [2.45, 2.75) is 24.8 Å². The lowest BCUT2D eigenvalue weighted by Gasteiger charge is -2.27. The van der Waals surface area contributed by atoms with Crippen molar-refractivity contribution in [3.8, 4) is 0 Å². The number of aromatic nitrogens is 1. The summed E-state index contributed by atoms with van der Waals surface area (Å²) in [6.45, 7) is 0.730. The van der Waals surface area contributed by atoms with Crippen molar-refractivity contribution in [2.24, 2.45) is 0 Å². The van der Waals surface area contributed by atoms with Crippen LogP contribution >= 0.6 is 0 Å². The highest BCUT2D eigenvalue weighted by atomic mass is 16.4. The van der Waals surface area contributed by atoms with Gasteiger partial charge in [-0.3, -0.25) is 4.79 Å². The smallest absolute Gasteiger partial charge is 0.321 e. The first kappa shape index (κ1) is 11.2. The molecule has 2 heterocycles. The Morgan fingerprint density at radius 3 is 3.06 bits per heavy atom. The van der Waals surface area contributed by atoms with Gasteiger partial charge in [0.05, 0.1) is 5.92 Å². The van der Waals surface area contributed by atoms with E-state index in [0.717, 1.165) is 24.9 Å². The maximum atomic E-state index is 11.2. The predicted octanol–water partition coefficient (Wildman–Crippen LogP) is 1.75. The lowest BCUT2D eigenvalue weighted by molar-refractivity contribution is -0.140. The molecular formula is C13H14N2O3. The SMILES string of the molecule is O=C(O)[C@H]1NCCCC1c1nc2ccccc2o1. The third kappa shape index (κ3) is 1.86. The summed E-state index contributed by atoms with van der Waals surface area (Å²) in [5.41, 5.74) is 1.49. The number of carboxylic acids is 1. The van der Waals surface area contributed by atoms with Gasteiger partial charge in [-0.15, -0.1) is 0 Å². The van der Waals surface area contributed by atoms with Gasteiger partial charge in [0.25, 0.3) is 0 Å². The largest absolute Gasteiger partial charge is 0.480 e. The molecule has 2 atom stereocenters. The number of piperidine rings is 1. The fraction of sp³-hybridized carbons (Fsp3) is 0.385. The average molecular weight is 246 g/mol. The fourth-order valence-corrected chi connectivity index (χ4v) is 2.46. The quantitative estimate of drug-likeness (QED) is 0.844. The molecule has 0 amide bonds. The molecule has 0 spiro atoms. The molecule has 1 aliphatic heterocycles. The second kappa shape index (κ2) is 4.42. The highest BCUT2D eigenvalue weighted by Crippen LogP contribution is 2.30. The number of fused-ring (bicyclic) bond motifs is 1. The number of hydrogen-bond acceptors (Lipinski definition) is 4. The Balaban J connectivity index is 1.98. The molecule has 5 nitrogen and oxygen atoms in total. The topological polar surface area (TPSA) is 75.4 Å². The molecule has 0 aliphatic carbocycles. The van der Waals surface area contributed by atoms with Gasteiger partial charge in [-0.25, -0.2) is 4.98 Å². The summed E-state index contributed by atoms with van der Waals surface area (Å²) in [5.74, 6) is -0.513. The zero-order valence-electron chi connectivity index (χ0n) is 9.80. The molecule has 1 saturated heterocycles. The van der Waals surface area contributed by atoms with Crippen molar-refractivity contribution < 1.29 is 14.3 Å². The molecule has 2 N–H and O–H groups in total. The summed E-state index contributed by atoms with van der Waals surface area (Å²) in [6, 6.07) is 6.88. The molecule has 0 saturated carbocycles. The Kier molecular flexibility index (Phi) is 2.76. The predicted molar refractivity (Wildman–Crippen MR) is 65.4 cm³/mol. The fourth-order valence-electron chi connectivity index (χ4n) is 2.46. The molecule has 2 aromatic rings. The van der Waals surface area contributed by atoms with Crippen LogP contribution in [0.5, 0.6) is 0 Å². The van der Waals surface area contributed by atoms with Crippen molar-refractivity contribution in [3.63, 3.8) is 0 Å². The minimum Gasteiger partial charge on any atom is -0.480 e. The van der Waals surface area contributed by atoms with Crippen LogP contribution in [0.2, 0.25) is 0 Å². The van der Waals surface area contributed by atoms with Crippen LogP contribution in [0.25, 0.3) is 11.1 Å². The third-order valence-corrected chi connectivity index (χ3v) is 3.35. The van der Waals surface area contributed by atoms with Crippen molar-refractivity contribution in [3.05, 3.63) is 30.2 Å². The number of nitrogens with one attached hydrogen (secondary N) is 1. The first-order chi connectivity index (χ1) is 8.75. The highest BCUT2D eigenvalue weighted by molar-refractivity contribution is 5.76. The van der Waals surface area contributed by atoms with Crippen LogP contribution in [0.1, 0.15) is 24.7 Å². The van der Waals surface area contributed by atoms with Crippen LogP contribution in [0.3, 0.4) is 0 Å². The Morgan fingerprint density at radius 2 is 2.28 bits per heavy atom. The van der Waals surface area contributed by atoms with E-state index in [0.29, 0.717) is 11.5 Å². The number of hydrogen-bond donors (Lipinski definition) is 2. The Morgan fingerprint density at radius 1 is 1.44 bits per heavy atom. The van der Waals surface area contributed by atoms with Crippen molar-refractivity contribution in [1.29, 1.82) is 0 Å².